The first-order chi connectivity index (χ1) is 19.8. The molecule has 1 heterocycles. The predicted molar refractivity (Wildman–Crippen MR) is 151 cm³/mol. The first-order valence-electron chi connectivity index (χ1n) is 12.6. The Hall–Kier alpha value is -5.39. The van der Waals surface area contributed by atoms with Gasteiger partial charge in [0.05, 0.1) is 20.6 Å². The van der Waals surface area contributed by atoms with Crippen LogP contribution >= 0.6 is 0 Å². The minimum atomic E-state index is -0.892. The molecule has 0 radical (unpaired) electrons. The summed E-state index contributed by atoms with van der Waals surface area (Å²) in [4.78, 5) is 41.3. The van der Waals surface area contributed by atoms with Crippen LogP contribution in [0.4, 0.5) is 0 Å². The van der Waals surface area contributed by atoms with E-state index in [1.54, 1.807) is 42.5 Å². The van der Waals surface area contributed by atoms with Gasteiger partial charge in [0.2, 0.25) is 17.7 Å². The highest BCUT2D eigenvalue weighted by Gasteiger charge is 2.20. The molecule has 1 unspecified atom stereocenters. The highest BCUT2D eigenvalue weighted by molar-refractivity contribution is 5.98. The number of methoxy groups -OCH3 is 2. The van der Waals surface area contributed by atoms with Crippen LogP contribution in [0.3, 0.4) is 0 Å². The van der Waals surface area contributed by atoms with Crippen molar-refractivity contribution >= 4 is 17.8 Å². The summed E-state index contributed by atoms with van der Waals surface area (Å²) in [6.45, 7) is 0.218. The SMILES string of the molecule is COc1ccc(CC(=O)NC(N)=NC(Cc2ccccc2)C(=O)NCc2ccc(-c3n[nH]c(=O)o3)cc2)cc1OC. The summed E-state index contributed by atoms with van der Waals surface area (Å²) >= 11 is 0. The molecule has 4 rings (SSSR count). The molecule has 0 spiro atoms. The van der Waals surface area contributed by atoms with Crippen molar-refractivity contribution in [3.05, 3.63) is 100 Å². The Balaban J connectivity index is 1.41. The molecule has 0 aliphatic carbocycles. The van der Waals surface area contributed by atoms with Gasteiger partial charge in [-0.25, -0.2) is 14.9 Å². The Morgan fingerprint density at radius 2 is 1.68 bits per heavy atom. The van der Waals surface area contributed by atoms with Crippen molar-refractivity contribution in [2.24, 2.45) is 10.7 Å². The fraction of sp³-hybridized carbons (Fsp3) is 0.207. The second kappa shape index (κ2) is 13.6. The van der Waals surface area contributed by atoms with Gasteiger partial charge in [0.15, 0.2) is 17.5 Å². The molecule has 1 aromatic heterocycles. The van der Waals surface area contributed by atoms with E-state index in [1.807, 2.05) is 30.3 Å². The number of rotatable bonds is 11. The number of carbonyl (C=O) groups is 2. The molecule has 5 N–H and O–H groups in total. The van der Waals surface area contributed by atoms with Gasteiger partial charge in [-0.1, -0.05) is 48.5 Å². The van der Waals surface area contributed by atoms with Crippen LogP contribution in [0.25, 0.3) is 11.5 Å². The maximum atomic E-state index is 13.2. The lowest BCUT2D eigenvalue weighted by molar-refractivity contribution is -0.122. The lowest BCUT2D eigenvalue weighted by Gasteiger charge is -2.15. The number of nitrogens with one attached hydrogen (secondary N) is 3. The Bertz CT molecular complexity index is 1560. The van der Waals surface area contributed by atoms with Crippen molar-refractivity contribution in [1.82, 2.24) is 20.8 Å². The second-order valence-electron chi connectivity index (χ2n) is 8.97. The van der Waals surface area contributed by atoms with Gasteiger partial charge in [-0.05, 0) is 41.0 Å². The summed E-state index contributed by atoms with van der Waals surface area (Å²) < 4.78 is 15.5. The normalized spacial score (nSPS) is 11.9. The third-order valence-electron chi connectivity index (χ3n) is 6.06. The van der Waals surface area contributed by atoms with Gasteiger partial charge in [-0.15, -0.1) is 5.10 Å². The number of nitrogens with two attached hydrogens (primary N) is 1. The fourth-order valence-electron chi connectivity index (χ4n) is 4.02. The number of guanidine groups is 1. The van der Waals surface area contributed by atoms with E-state index in [4.69, 9.17) is 19.6 Å². The number of amides is 2. The van der Waals surface area contributed by atoms with Gasteiger partial charge in [0, 0.05) is 18.5 Å². The van der Waals surface area contributed by atoms with Gasteiger partial charge in [-0.3, -0.25) is 14.9 Å². The number of ether oxygens (including phenoxy) is 2. The average molecular weight is 559 g/mol. The molecular weight excluding hydrogens is 528 g/mol. The molecule has 3 aromatic carbocycles. The van der Waals surface area contributed by atoms with Crippen molar-refractivity contribution in [3.8, 4) is 23.0 Å². The van der Waals surface area contributed by atoms with Crippen LogP contribution in [0.5, 0.6) is 11.5 Å². The van der Waals surface area contributed by atoms with Crippen LogP contribution in [0.1, 0.15) is 16.7 Å². The zero-order valence-electron chi connectivity index (χ0n) is 22.5. The first-order valence-corrected chi connectivity index (χ1v) is 12.6. The van der Waals surface area contributed by atoms with E-state index in [0.29, 0.717) is 22.6 Å². The number of nitrogens with zero attached hydrogens (tertiary/aromatic N) is 2. The molecule has 0 fully saturated rings. The monoisotopic (exact) mass is 558 g/mol. The Morgan fingerprint density at radius 1 is 0.976 bits per heavy atom. The highest BCUT2D eigenvalue weighted by Crippen LogP contribution is 2.27. The molecule has 212 valence electrons. The standard InChI is InChI=1S/C29H30N6O6/c1-39-23-13-10-20(15-24(23)40-2)16-25(36)33-28(30)32-22(14-18-6-4-3-5-7-18)26(37)31-17-19-8-11-21(12-9-19)27-34-35-29(38)41-27/h3-13,15,22H,14,16-17H2,1-2H3,(H,31,37)(H,35,38)(H3,30,32,33,36). The Labute approximate surface area is 235 Å². The largest absolute Gasteiger partial charge is 0.493 e. The molecule has 0 saturated carbocycles. The zero-order valence-corrected chi connectivity index (χ0v) is 22.5. The number of aromatic amines is 1. The topological polar surface area (TPSA) is 174 Å². The molecule has 12 heteroatoms. The first kappa shape index (κ1) is 28.6. The molecule has 41 heavy (non-hydrogen) atoms. The lowest BCUT2D eigenvalue weighted by atomic mass is 10.1. The number of aromatic nitrogens is 2. The predicted octanol–water partition coefficient (Wildman–Crippen LogP) is 1.95. The lowest BCUT2D eigenvalue weighted by Crippen LogP contribution is -2.42. The number of aliphatic imine (C=N–C) groups is 1. The van der Waals surface area contributed by atoms with Gasteiger partial charge in [0.25, 0.3) is 0 Å². The van der Waals surface area contributed by atoms with Crippen LogP contribution < -0.4 is 31.6 Å². The number of hydrogen-bond donors (Lipinski definition) is 4. The average Bonchev–Trinajstić information content (AvgIpc) is 3.42. The Kier molecular flexibility index (Phi) is 9.49. The summed E-state index contributed by atoms with van der Waals surface area (Å²) in [5, 5.41) is 11.4. The van der Waals surface area contributed by atoms with E-state index in [9.17, 15) is 14.4 Å². The quantitative estimate of drug-likeness (QED) is 0.160. The number of carbonyl (C=O) groups excluding carboxylic acids is 2. The molecule has 0 aliphatic rings. The van der Waals surface area contributed by atoms with Crippen molar-refractivity contribution in [3.63, 3.8) is 0 Å². The van der Waals surface area contributed by atoms with Crippen LogP contribution in [-0.4, -0.2) is 48.2 Å². The summed E-state index contributed by atoms with van der Waals surface area (Å²) in [6, 6.07) is 20.7. The summed E-state index contributed by atoms with van der Waals surface area (Å²) in [6.07, 6.45) is 0.292. The van der Waals surface area contributed by atoms with Crippen LogP contribution in [-0.2, 0) is 29.0 Å². The van der Waals surface area contributed by atoms with Crippen LogP contribution in [0.15, 0.2) is 87.0 Å². The van der Waals surface area contributed by atoms with Gasteiger partial charge >= 0.3 is 5.76 Å². The molecule has 0 aliphatic heterocycles. The zero-order chi connectivity index (χ0) is 29.2. The molecule has 12 nitrogen and oxygen atoms in total. The molecule has 4 aromatic rings. The maximum absolute atomic E-state index is 13.2. The van der Waals surface area contributed by atoms with Crippen molar-refractivity contribution in [2.75, 3.05) is 14.2 Å². The Morgan fingerprint density at radius 3 is 2.34 bits per heavy atom. The van der Waals surface area contributed by atoms with Gasteiger partial charge in [0.1, 0.15) is 6.04 Å². The second-order valence-corrected chi connectivity index (χ2v) is 8.97. The molecule has 0 saturated heterocycles. The number of H-pyrrole nitrogens is 1. The summed E-state index contributed by atoms with van der Waals surface area (Å²) in [5.41, 5.74) is 9.04. The molecule has 1 atom stereocenters. The van der Waals surface area contributed by atoms with Crippen LogP contribution in [0.2, 0.25) is 0 Å². The molecular formula is C29H30N6O6. The van der Waals surface area contributed by atoms with E-state index in [-0.39, 0.29) is 37.1 Å². The van der Waals surface area contributed by atoms with Crippen molar-refractivity contribution in [1.29, 1.82) is 0 Å². The summed E-state index contributed by atoms with van der Waals surface area (Å²) in [7, 11) is 3.05. The third kappa shape index (κ3) is 8.05. The highest BCUT2D eigenvalue weighted by atomic mass is 16.5. The van der Waals surface area contributed by atoms with Crippen LogP contribution in [0, 0.1) is 0 Å². The number of hydrogen-bond acceptors (Lipinski definition) is 8. The van der Waals surface area contributed by atoms with Crippen molar-refractivity contribution < 1.29 is 23.5 Å². The van der Waals surface area contributed by atoms with E-state index >= 15 is 0 Å². The van der Waals surface area contributed by atoms with Gasteiger partial charge in [-0.2, -0.15) is 0 Å². The minimum Gasteiger partial charge on any atom is -0.493 e. The third-order valence-corrected chi connectivity index (χ3v) is 6.06. The molecule has 2 amide bonds. The minimum absolute atomic E-state index is 0.0177. The van der Waals surface area contributed by atoms with E-state index in [1.165, 1.54) is 14.2 Å². The smallest absolute Gasteiger partial charge is 0.434 e. The number of benzene rings is 3. The van der Waals surface area contributed by atoms with E-state index < -0.39 is 17.7 Å². The molecule has 0 bridgehead atoms. The fourth-order valence-corrected chi connectivity index (χ4v) is 4.02. The van der Waals surface area contributed by atoms with Crippen molar-refractivity contribution in [2.45, 2.75) is 25.4 Å². The maximum Gasteiger partial charge on any atom is 0.434 e. The summed E-state index contributed by atoms with van der Waals surface area (Å²) in [5.74, 6) is -0.352. The van der Waals surface area contributed by atoms with E-state index in [2.05, 4.69) is 25.8 Å². The van der Waals surface area contributed by atoms with E-state index in [0.717, 1.165) is 11.1 Å². The van der Waals surface area contributed by atoms with Gasteiger partial charge < -0.3 is 24.9 Å².